The third-order valence-corrected chi connectivity index (χ3v) is 6.81. The van der Waals surface area contributed by atoms with Gasteiger partial charge in [0.25, 0.3) is 0 Å². The number of esters is 1. The summed E-state index contributed by atoms with van der Waals surface area (Å²) in [7, 11) is -4.26. The second kappa shape index (κ2) is 28.3. The predicted octanol–water partition coefficient (Wildman–Crippen LogP) is 7.57. The number of nitrogens with two attached hydrogens (primary N) is 1. The molecule has 0 aliphatic rings. The molecule has 0 aliphatic heterocycles. The summed E-state index contributed by atoms with van der Waals surface area (Å²) in [5.74, 6) is -0.352. The lowest BCUT2D eigenvalue weighted by Crippen LogP contribution is -2.28. The summed E-state index contributed by atoms with van der Waals surface area (Å²) in [6.07, 6.45) is 27.5. The lowest BCUT2D eigenvalue weighted by atomic mass is 10.1. The van der Waals surface area contributed by atoms with Crippen LogP contribution in [0.15, 0.2) is 36.5 Å². The summed E-state index contributed by atoms with van der Waals surface area (Å²) in [5, 5.41) is 0. The van der Waals surface area contributed by atoms with E-state index in [4.69, 9.17) is 24.3 Å². The molecule has 0 bridgehead atoms. The van der Waals surface area contributed by atoms with Crippen molar-refractivity contribution in [2.75, 3.05) is 33.0 Å². The first-order valence-corrected chi connectivity index (χ1v) is 16.5. The van der Waals surface area contributed by atoms with Crippen molar-refractivity contribution in [1.82, 2.24) is 0 Å². The molecule has 0 aromatic rings. The number of allylic oxidation sites excluding steroid dienone is 6. The maximum absolute atomic E-state index is 12.3. The Morgan fingerprint density at radius 3 is 2.15 bits per heavy atom. The van der Waals surface area contributed by atoms with Gasteiger partial charge in [0.05, 0.1) is 19.8 Å². The Balaban J connectivity index is 4.17. The number of ether oxygens (including phenoxy) is 2. The van der Waals surface area contributed by atoms with Crippen LogP contribution in [0.1, 0.15) is 110 Å². The molecule has 0 aliphatic carbocycles. The van der Waals surface area contributed by atoms with Crippen LogP contribution in [0.25, 0.3) is 0 Å². The van der Waals surface area contributed by atoms with Gasteiger partial charge in [0.2, 0.25) is 0 Å². The van der Waals surface area contributed by atoms with Crippen LogP contribution in [0.5, 0.6) is 0 Å². The number of carbonyl (C=O) groups excluding carboxylic acids is 1. The van der Waals surface area contributed by atoms with Crippen LogP contribution < -0.4 is 5.73 Å². The zero-order valence-corrected chi connectivity index (χ0v) is 25.5. The average molecular weight is 574 g/mol. The smallest absolute Gasteiger partial charge is 0.457 e. The molecule has 0 amide bonds. The van der Waals surface area contributed by atoms with Crippen LogP contribution in [0.3, 0.4) is 0 Å². The second-order valence-corrected chi connectivity index (χ2v) is 11.0. The Morgan fingerprint density at radius 2 is 1.44 bits per heavy atom. The summed E-state index contributed by atoms with van der Waals surface area (Å²) in [6, 6.07) is 0. The molecule has 2 unspecified atom stereocenters. The summed E-state index contributed by atoms with van der Waals surface area (Å²) >= 11 is 0. The molecule has 0 saturated carbocycles. The van der Waals surface area contributed by atoms with E-state index in [1.807, 2.05) is 0 Å². The molecule has 0 heterocycles. The van der Waals surface area contributed by atoms with Crippen LogP contribution in [0.4, 0.5) is 0 Å². The van der Waals surface area contributed by atoms with E-state index in [1.54, 1.807) is 0 Å². The van der Waals surface area contributed by atoms with Crippen molar-refractivity contribution in [1.29, 1.82) is 0 Å². The third kappa shape index (κ3) is 28.1. The van der Waals surface area contributed by atoms with Gasteiger partial charge in [0.15, 0.2) is 0 Å². The van der Waals surface area contributed by atoms with Crippen molar-refractivity contribution >= 4 is 13.8 Å². The summed E-state index contributed by atoms with van der Waals surface area (Å²) < 4.78 is 32.9. The Labute approximate surface area is 238 Å². The standard InChI is InChI=1S/C30H56NO7P/c1-3-5-7-9-11-12-13-14-15-16-17-18-20-22-25-35-27-29(28-37-39(33,34)36-26-24-31)38-30(32)23-21-19-10-8-6-4-2/h5,7,11-12,14-15,29H,3-4,6,8-10,13,16-28,31H2,1-2H3,(H,33,34)/b7-5-,12-11-,15-14-. The van der Waals surface area contributed by atoms with E-state index in [1.165, 1.54) is 19.3 Å². The SMILES string of the molecule is CC/C=C\C/C=C\C/C=C\CCCCCCOCC(COP(=O)(O)OCCN)OC(=O)CCCCCCCC. The highest BCUT2D eigenvalue weighted by Crippen LogP contribution is 2.43. The Hall–Kier alpha value is -1.28. The molecule has 0 rings (SSSR count). The molecular formula is C30H56NO7P. The van der Waals surface area contributed by atoms with Gasteiger partial charge in [0.1, 0.15) is 6.10 Å². The number of phosphoric acid groups is 1. The van der Waals surface area contributed by atoms with Gasteiger partial charge in [-0.1, -0.05) is 95.2 Å². The predicted molar refractivity (Wildman–Crippen MR) is 160 cm³/mol. The Morgan fingerprint density at radius 1 is 0.795 bits per heavy atom. The highest BCUT2D eigenvalue weighted by Gasteiger charge is 2.25. The molecule has 0 fully saturated rings. The minimum atomic E-state index is -4.26. The quantitative estimate of drug-likeness (QED) is 0.0426. The molecule has 9 heteroatoms. The van der Waals surface area contributed by atoms with Gasteiger partial charge in [-0.15, -0.1) is 0 Å². The lowest BCUT2D eigenvalue weighted by Gasteiger charge is -2.20. The normalized spacial score (nSPS) is 14.5. The Kier molecular flexibility index (Phi) is 27.3. The first kappa shape index (κ1) is 37.7. The molecule has 0 spiro atoms. The van der Waals surface area contributed by atoms with Crippen molar-refractivity contribution in [3.8, 4) is 0 Å². The fourth-order valence-electron chi connectivity index (χ4n) is 3.65. The molecule has 2 atom stereocenters. The zero-order valence-electron chi connectivity index (χ0n) is 24.6. The molecule has 228 valence electrons. The summed E-state index contributed by atoms with van der Waals surface area (Å²) in [6.45, 7) is 4.65. The van der Waals surface area contributed by atoms with Crippen LogP contribution in [-0.2, 0) is 27.9 Å². The number of hydrogen-bond donors (Lipinski definition) is 2. The fourth-order valence-corrected chi connectivity index (χ4v) is 4.42. The summed E-state index contributed by atoms with van der Waals surface area (Å²) in [4.78, 5) is 22.0. The molecule has 39 heavy (non-hydrogen) atoms. The van der Waals surface area contributed by atoms with E-state index < -0.39 is 13.9 Å². The van der Waals surface area contributed by atoms with Crippen molar-refractivity contribution in [2.24, 2.45) is 5.73 Å². The highest BCUT2D eigenvalue weighted by molar-refractivity contribution is 7.47. The molecule has 0 saturated heterocycles. The largest absolute Gasteiger partial charge is 0.472 e. The van der Waals surface area contributed by atoms with Crippen molar-refractivity contribution in [2.45, 2.75) is 116 Å². The van der Waals surface area contributed by atoms with Crippen LogP contribution in [-0.4, -0.2) is 49.9 Å². The number of unbranched alkanes of at least 4 members (excludes halogenated alkanes) is 9. The van der Waals surface area contributed by atoms with Crippen molar-refractivity contribution < 1.29 is 32.8 Å². The van der Waals surface area contributed by atoms with Crippen molar-refractivity contribution in [3.05, 3.63) is 36.5 Å². The zero-order chi connectivity index (χ0) is 28.9. The van der Waals surface area contributed by atoms with Gasteiger partial charge in [-0.3, -0.25) is 13.8 Å². The number of rotatable bonds is 28. The van der Waals surface area contributed by atoms with Crippen LogP contribution >= 0.6 is 7.82 Å². The topological polar surface area (TPSA) is 117 Å². The molecule has 0 aromatic carbocycles. The molecule has 0 aromatic heterocycles. The number of hydrogen-bond acceptors (Lipinski definition) is 7. The minimum Gasteiger partial charge on any atom is -0.457 e. The molecule has 8 nitrogen and oxygen atoms in total. The van der Waals surface area contributed by atoms with Gasteiger partial charge >= 0.3 is 13.8 Å². The molecule has 0 radical (unpaired) electrons. The Bertz CT molecular complexity index is 697. The van der Waals surface area contributed by atoms with Gasteiger partial charge < -0.3 is 20.1 Å². The van der Waals surface area contributed by atoms with E-state index in [9.17, 15) is 14.3 Å². The van der Waals surface area contributed by atoms with Gasteiger partial charge in [-0.2, -0.15) is 0 Å². The van der Waals surface area contributed by atoms with Crippen LogP contribution in [0.2, 0.25) is 0 Å². The minimum absolute atomic E-state index is 0.0958. The maximum atomic E-state index is 12.3. The highest BCUT2D eigenvalue weighted by atomic mass is 31.2. The number of carbonyl (C=O) groups is 1. The van der Waals surface area contributed by atoms with E-state index in [2.05, 4.69) is 50.3 Å². The second-order valence-electron chi connectivity index (χ2n) is 9.59. The van der Waals surface area contributed by atoms with Gasteiger partial charge in [-0.05, 0) is 44.9 Å². The van der Waals surface area contributed by atoms with Crippen molar-refractivity contribution in [3.63, 3.8) is 0 Å². The lowest BCUT2D eigenvalue weighted by molar-refractivity contribution is -0.154. The average Bonchev–Trinajstić information content (AvgIpc) is 2.92. The van der Waals surface area contributed by atoms with E-state index in [0.717, 1.165) is 70.6 Å². The van der Waals surface area contributed by atoms with Gasteiger partial charge in [-0.25, -0.2) is 4.57 Å². The van der Waals surface area contributed by atoms with E-state index in [-0.39, 0.29) is 32.3 Å². The first-order valence-electron chi connectivity index (χ1n) is 15.0. The van der Waals surface area contributed by atoms with E-state index >= 15 is 0 Å². The first-order chi connectivity index (χ1) is 18.9. The maximum Gasteiger partial charge on any atom is 0.472 e. The van der Waals surface area contributed by atoms with Crippen LogP contribution in [0, 0.1) is 0 Å². The monoisotopic (exact) mass is 573 g/mol. The molecule has 3 N–H and O–H groups in total. The third-order valence-electron chi connectivity index (χ3n) is 5.82. The molecular weight excluding hydrogens is 517 g/mol. The van der Waals surface area contributed by atoms with E-state index in [0.29, 0.717) is 13.0 Å². The summed E-state index contributed by atoms with van der Waals surface area (Å²) in [5.41, 5.74) is 5.31. The van der Waals surface area contributed by atoms with Gasteiger partial charge in [0, 0.05) is 19.6 Å². The fraction of sp³-hybridized carbons (Fsp3) is 0.767. The number of phosphoric ester groups is 1.